The Morgan fingerprint density at radius 3 is 2.32 bits per heavy atom. The van der Waals surface area contributed by atoms with Crippen molar-refractivity contribution in [3.05, 3.63) is 78.7 Å². The fourth-order valence-corrected chi connectivity index (χ4v) is 4.64. The van der Waals surface area contributed by atoms with Gasteiger partial charge in [-0.1, -0.05) is 70.1 Å². The van der Waals surface area contributed by atoms with Gasteiger partial charge in [0.1, 0.15) is 39.6 Å². The normalized spacial score (nSPS) is 14.6. The summed E-state index contributed by atoms with van der Waals surface area (Å²) in [6, 6.07) is 10.4. The van der Waals surface area contributed by atoms with Crippen LogP contribution >= 0.6 is 70.2 Å². The van der Waals surface area contributed by atoms with Gasteiger partial charge in [-0.25, -0.2) is 4.90 Å². The average Bonchev–Trinajstić information content (AvgIpc) is 3.39. The van der Waals surface area contributed by atoms with E-state index in [0.29, 0.717) is 23.0 Å². The lowest BCUT2D eigenvalue weighted by Crippen LogP contribution is -2.30. The van der Waals surface area contributed by atoms with Crippen molar-refractivity contribution in [3.63, 3.8) is 0 Å². The summed E-state index contributed by atoms with van der Waals surface area (Å²) in [4.78, 5) is 14.3. The van der Waals surface area contributed by atoms with Crippen LogP contribution in [0.2, 0.25) is 25.1 Å². The number of nitrogens with zero attached hydrogens (tertiary/aromatic N) is 1. The third-order valence-corrected chi connectivity index (χ3v) is 7.23. The second-order valence-corrected chi connectivity index (χ2v) is 9.07. The molecule has 0 aliphatic carbocycles. The zero-order valence-electron chi connectivity index (χ0n) is 17.1. The third kappa shape index (κ3) is 4.69. The molecule has 1 saturated heterocycles. The average molecular weight is 579 g/mol. The van der Waals surface area contributed by atoms with E-state index in [4.69, 9.17) is 84.1 Å². The number of benzene rings is 2. The van der Waals surface area contributed by atoms with E-state index < -0.39 is 0 Å². The van der Waals surface area contributed by atoms with Gasteiger partial charge < -0.3 is 19.2 Å². The van der Waals surface area contributed by atoms with Crippen LogP contribution in [0, 0.1) is 0 Å². The summed E-state index contributed by atoms with van der Waals surface area (Å²) in [5.41, 5.74) is 0.763. The molecule has 1 amide bonds. The van der Waals surface area contributed by atoms with Gasteiger partial charge in [-0.15, -0.1) is 0 Å². The lowest BCUT2D eigenvalue weighted by molar-refractivity contribution is -0.113. The molecule has 0 radical (unpaired) electrons. The van der Waals surface area contributed by atoms with Crippen LogP contribution in [0.3, 0.4) is 0 Å². The quantitative estimate of drug-likeness (QED) is 0.142. The fourth-order valence-electron chi connectivity index (χ4n) is 3.12. The Kier molecular flexibility index (Phi) is 7.52. The number of para-hydroxylation sites is 2. The van der Waals surface area contributed by atoms with Crippen molar-refractivity contribution in [1.29, 1.82) is 0 Å². The first-order valence-corrected chi connectivity index (χ1v) is 11.8. The summed E-state index contributed by atoms with van der Waals surface area (Å²) in [6.07, 6.45) is 1.53. The molecule has 0 saturated carbocycles. The summed E-state index contributed by atoms with van der Waals surface area (Å²) in [6.45, 7) is -0.0377. The minimum absolute atomic E-state index is 0.0268. The number of halogens is 5. The molecule has 1 fully saturated rings. The zero-order chi connectivity index (χ0) is 24.6. The van der Waals surface area contributed by atoms with Gasteiger partial charge in [-0.3, -0.25) is 4.79 Å². The van der Waals surface area contributed by atoms with Gasteiger partial charge in [0.05, 0.1) is 27.9 Å². The van der Waals surface area contributed by atoms with E-state index in [1.165, 1.54) is 18.1 Å². The number of anilines is 1. The van der Waals surface area contributed by atoms with E-state index in [-0.39, 0.29) is 54.2 Å². The molecule has 6 nitrogen and oxygen atoms in total. The van der Waals surface area contributed by atoms with Gasteiger partial charge in [0.2, 0.25) is 0 Å². The van der Waals surface area contributed by atoms with Crippen LogP contribution in [-0.4, -0.2) is 18.1 Å². The molecule has 0 bridgehead atoms. The molecule has 1 N–H and O–H groups in total. The standard InChI is InChI=1S/C22H13Cl5N2O4S/c1-31-14-5-3-2-4-13(14)29-21(30)12(28-22(29)34)8-10-6-7-11(33-10)9-32-20-18(26)16(24)15(23)17(25)19(20)27/h2-8H,9H2,1H3,(H,28,34)/b12-8+. The molecule has 2 heterocycles. The number of thiocarbonyl (C=S) groups is 1. The Balaban J connectivity index is 1.52. The Bertz CT molecular complexity index is 1310. The number of ether oxygens (including phenoxy) is 2. The second kappa shape index (κ2) is 10.2. The fraction of sp³-hybridized carbons (Fsp3) is 0.0909. The van der Waals surface area contributed by atoms with Crippen molar-refractivity contribution in [1.82, 2.24) is 5.32 Å². The summed E-state index contributed by atoms with van der Waals surface area (Å²) in [5.74, 6) is 1.05. The first-order chi connectivity index (χ1) is 16.2. The van der Waals surface area contributed by atoms with E-state index >= 15 is 0 Å². The molecule has 0 spiro atoms. The number of hydrogen-bond donors (Lipinski definition) is 1. The minimum Gasteiger partial charge on any atom is -0.495 e. The van der Waals surface area contributed by atoms with Gasteiger partial charge in [-0.2, -0.15) is 0 Å². The number of carbonyl (C=O) groups is 1. The predicted octanol–water partition coefficient (Wildman–Crippen LogP) is 7.40. The maximum absolute atomic E-state index is 13.0. The summed E-state index contributed by atoms with van der Waals surface area (Å²) in [7, 11) is 1.52. The Morgan fingerprint density at radius 2 is 1.65 bits per heavy atom. The number of amides is 1. The van der Waals surface area contributed by atoms with Crippen molar-refractivity contribution >= 4 is 93.0 Å². The number of furan rings is 1. The molecule has 0 unspecified atom stereocenters. The Morgan fingerprint density at radius 1 is 1.00 bits per heavy atom. The van der Waals surface area contributed by atoms with Gasteiger partial charge in [0, 0.05) is 6.08 Å². The van der Waals surface area contributed by atoms with Crippen LogP contribution in [0.25, 0.3) is 6.08 Å². The molecule has 3 aromatic rings. The first kappa shape index (κ1) is 25.0. The maximum atomic E-state index is 13.0. The van der Waals surface area contributed by atoms with Crippen LogP contribution in [0.5, 0.6) is 11.5 Å². The SMILES string of the molecule is COc1ccccc1N1C(=O)/C(=C\c2ccc(COc3c(Cl)c(Cl)c(Cl)c(Cl)c3Cl)o2)NC1=S. The van der Waals surface area contributed by atoms with Crippen molar-refractivity contribution in [2.24, 2.45) is 0 Å². The summed E-state index contributed by atoms with van der Waals surface area (Å²) < 4.78 is 16.7. The molecule has 4 rings (SSSR count). The van der Waals surface area contributed by atoms with Crippen LogP contribution in [0.4, 0.5) is 5.69 Å². The monoisotopic (exact) mass is 576 g/mol. The maximum Gasteiger partial charge on any atom is 0.281 e. The van der Waals surface area contributed by atoms with Crippen molar-refractivity contribution in [3.8, 4) is 11.5 Å². The highest BCUT2D eigenvalue weighted by atomic mass is 35.5. The summed E-state index contributed by atoms with van der Waals surface area (Å²) in [5, 5.41) is 3.26. The number of rotatable bonds is 6. The molecular formula is C22H13Cl5N2O4S. The highest BCUT2D eigenvalue weighted by Crippen LogP contribution is 2.48. The van der Waals surface area contributed by atoms with E-state index in [0.717, 1.165) is 0 Å². The Hall–Kier alpha value is -2.13. The van der Waals surface area contributed by atoms with E-state index in [1.807, 2.05) is 0 Å². The van der Waals surface area contributed by atoms with Crippen molar-refractivity contribution < 1.29 is 18.7 Å². The molecule has 1 aliphatic rings. The molecule has 12 heteroatoms. The number of hydrogen-bond acceptors (Lipinski definition) is 5. The molecule has 34 heavy (non-hydrogen) atoms. The van der Waals surface area contributed by atoms with Gasteiger partial charge in [-0.05, 0) is 36.5 Å². The lowest BCUT2D eigenvalue weighted by Gasteiger charge is -2.17. The molecule has 2 aromatic carbocycles. The number of methoxy groups -OCH3 is 1. The lowest BCUT2D eigenvalue weighted by atomic mass is 10.2. The van der Waals surface area contributed by atoms with E-state index in [9.17, 15) is 4.79 Å². The minimum atomic E-state index is -0.354. The van der Waals surface area contributed by atoms with Crippen LogP contribution < -0.4 is 19.7 Å². The van der Waals surface area contributed by atoms with E-state index in [1.54, 1.807) is 36.4 Å². The number of carbonyl (C=O) groups excluding carboxylic acids is 1. The van der Waals surface area contributed by atoms with Crippen molar-refractivity contribution in [2.75, 3.05) is 12.0 Å². The van der Waals surface area contributed by atoms with Gasteiger partial charge in [0.25, 0.3) is 5.91 Å². The largest absolute Gasteiger partial charge is 0.495 e. The van der Waals surface area contributed by atoms with Gasteiger partial charge in [0.15, 0.2) is 10.9 Å². The van der Waals surface area contributed by atoms with Crippen molar-refractivity contribution in [2.45, 2.75) is 6.61 Å². The van der Waals surface area contributed by atoms with Gasteiger partial charge >= 0.3 is 0 Å². The smallest absolute Gasteiger partial charge is 0.281 e. The summed E-state index contributed by atoms with van der Waals surface area (Å²) >= 11 is 35.8. The molecule has 176 valence electrons. The highest BCUT2D eigenvalue weighted by Gasteiger charge is 2.34. The van der Waals surface area contributed by atoms with E-state index in [2.05, 4.69) is 5.32 Å². The highest BCUT2D eigenvalue weighted by molar-refractivity contribution is 7.80. The predicted molar refractivity (Wildman–Crippen MR) is 139 cm³/mol. The molecule has 1 aliphatic heterocycles. The zero-order valence-corrected chi connectivity index (χ0v) is 21.7. The van der Waals surface area contributed by atoms with Crippen LogP contribution in [0.1, 0.15) is 11.5 Å². The molecular weight excluding hydrogens is 566 g/mol. The number of nitrogens with one attached hydrogen (secondary N) is 1. The van der Waals surface area contributed by atoms with Crippen LogP contribution in [-0.2, 0) is 11.4 Å². The Labute approximate surface area is 224 Å². The molecule has 1 aromatic heterocycles. The molecule has 0 atom stereocenters. The second-order valence-electron chi connectivity index (χ2n) is 6.79. The topological polar surface area (TPSA) is 63.9 Å². The first-order valence-electron chi connectivity index (χ1n) is 9.46. The van der Waals surface area contributed by atoms with Crippen LogP contribution in [0.15, 0.2) is 46.5 Å². The third-order valence-electron chi connectivity index (χ3n) is 4.70.